The summed E-state index contributed by atoms with van der Waals surface area (Å²) in [5.41, 5.74) is 0. The molecule has 0 atom stereocenters. The average molecular weight is 306 g/mol. The zero-order valence-corrected chi connectivity index (χ0v) is 12.7. The number of hydrogen-bond donors (Lipinski definition) is 1. The molecular formula is C12H22N2O5S. The van der Waals surface area contributed by atoms with E-state index in [4.69, 9.17) is 0 Å². The third-order valence-electron chi connectivity index (χ3n) is 3.48. The fourth-order valence-corrected chi connectivity index (χ4v) is 3.76. The zero-order valence-electron chi connectivity index (χ0n) is 11.9. The molecule has 0 bridgehead atoms. The molecule has 1 aliphatic heterocycles. The summed E-state index contributed by atoms with van der Waals surface area (Å²) in [6.45, 7) is 0.720. The number of rotatable bonds is 6. The molecule has 1 amide bonds. The maximum atomic E-state index is 12.1. The lowest BCUT2D eigenvalue weighted by Gasteiger charge is -2.30. The SMILES string of the molecule is CNC(=O)C1CCN(S(=O)(=O)CCCC(=O)OC)CC1. The van der Waals surface area contributed by atoms with E-state index >= 15 is 0 Å². The maximum absolute atomic E-state index is 12.1. The minimum absolute atomic E-state index is 0.0345. The van der Waals surface area contributed by atoms with Crippen LogP contribution in [-0.2, 0) is 24.3 Å². The van der Waals surface area contributed by atoms with Gasteiger partial charge in [-0.3, -0.25) is 9.59 Å². The largest absolute Gasteiger partial charge is 0.469 e. The Balaban J connectivity index is 2.42. The molecule has 1 fully saturated rings. The van der Waals surface area contributed by atoms with Gasteiger partial charge in [0.2, 0.25) is 15.9 Å². The number of nitrogens with one attached hydrogen (secondary N) is 1. The van der Waals surface area contributed by atoms with Gasteiger partial charge in [-0.05, 0) is 19.3 Å². The Morgan fingerprint density at radius 2 is 1.90 bits per heavy atom. The minimum Gasteiger partial charge on any atom is -0.469 e. The Kier molecular flexibility index (Phi) is 6.41. The van der Waals surface area contributed by atoms with Gasteiger partial charge in [-0.15, -0.1) is 0 Å². The molecule has 1 heterocycles. The third-order valence-corrected chi connectivity index (χ3v) is 5.43. The average Bonchev–Trinajstić information content (AvgIpc) is 2.46. The molecule has 0 radical (unpaired) electrons. The highest BCUT2D eigenvalue weighted by Crippen LogP contribution is 2.20. The first-order valence-corrected chi connectivity index (χ1v) is 8.28. The third kappa shape index (κ3) is 4.75. The molecule has 0 aromatic carbocycles. The Morgan fingerprint density at radius 1 is 1.30 bits per heavy atom. The van der Waals surface area contributed by atoms with E-state index in [0.29, 0.717) is 25.9 Å². The molecule has 20 heavy (non-hydrogen) atoms. The second-order valence-electron chi connectivity index (χ2n) is 4.78. The summed E-state index contributed by atoms with van der Waals surface area (Å²) in [5.74, 6) is -0.611. The van der Waals surface area contributed by atoms with Crippen molar-refractivity contribution in [2.45, 2.75) is 25.7 Å². The van der Waals surface area contributed by atoms with E-state index in [1.54, 1.807) is 7.05 Å². The van der Waals surface area contributed by atoms with Gasteiger partial charge in [-0.1, -0.05) is 0 Å². The molecule has 1 saturated heterocycles. The van der Waals surface area contributed by atoms with Crippen LogP contribution in [0, 0.1) is 5.92 Å². The molecular weight excluding hydrogens is 284 g/mol. The number of sulfonamides is 1. The molecule has 1 rings (SSSR count). The second kappa shape index (κ2) is 7.58. The minimum atomic E-state index is -3.35. The fourth-order valence-electron chi connectivity index (χ4n) is 2.23. The Morgan fingerprint density at radius 3 is 2.40 bits per heavy atom. The van der Waals surface area contributed by atoms with E-state index in [-0.39, 0.29) is 30.4 Å². The summed E-state index contributed by atoms with van der Waals surface area (Å²) in [5, 5.41) is 2.58. The van der Waals surface area contributed by atoms with Gasteiger partial charge in [-0.2, -0.15) is 0 Å². The molecule has 1 aliphatic rings. The number of esters is 1. The van der Waals surface area contributed by atoms with Gasteiger partial charge < -0.3 is 10.1 Å². The highest BCUT2D eigenvalue weighted by molar-refractivity contribution is 7.89. The van der Waals surface area contributed by atoms with Crippen molar-refractivity contribution >= 4 is 21.9 Å². The number of methoxy groups -OCH3 is 1. The van der Waals surface area contributed by atoms with Crippen molar-refractivity contribution in [2.24, 2.45) is 5.92 Å². The summed E-state index contributed by atoms with van der Waals surface area (Å²) < 4.78 is 30.0. The number of amides is 1. The van der Waals surface area contributed by atoms with E-state index in [2.05, 4.69) is 10.1 Å². The summed E-state index contributed by atoms with van der Waals surface area (Å²) in [4.78, 5) is 22.4. The van der Waals surface area contributed by atoms with Crippen molar-refractivity contribution in [3.05, 3.63) is 0 Å². The van der Waals surface area contributed by atoms with Gasteiger partial charge in [0.25, 0.3) is 0 Å². The lowest BCUT2D eigenvalue weighted by molar-refractivity contribution is -0.140. The smallest absolute Gasteiger partial charge is 0.305 e. The Labute approximate surface area is 119 Å². The monoisotopic (exact) mass is 306 g/mol. The molecule has 0 aromatic heterocycles. The lowest BCUT2D eigenvalue weighted by Crippen LogP contribution is -2.43. The first kappa shape index (κ1) is 16.9. The molecule has 0 aromatic rings. The van der Waals surface area contributed by atoms with E-state index in [9.17, 15) is 18.0 Å². The number of ether oxygens (including phenoxy) is 1. The Bertz CT molecular complexity index is 441. The topological polar surface area (TPSA) is 92.8 Å². The number of hydrogen-bond acceptors (Lipinski definition) is 5. The predicted molar refractivity (Wildman–Crippen MR) is 73.4 cm³/mol. The Hall–Kier alpha value is -1.15. The van der Waals surface area contributed by atoms with Crippen LogP contribution in [0.25, 0.3) is 0 Å². The van der Waals surface area contributed by atoms with E-state index in [1.165, 1.54) is 11.4 Å². The van der Waals surface area contributed by atoms with Gasteiger partial charge in [0.05, 0.1) is 12.9 Å². The summed E-state index contributed by atoms with van der Waals surface area (Å²) >= 11 is 0. The highest BCUT2D eigenvalue weighted by atomic mass is 32.2. The van der Waals surface area contributed by atoms with Crippen molar-refractivity contribution in [1.82, 2.24) is 9.62 Å². The molecule has 116 valence electrons. The van der Waals surface area contributed by atoms with Crippen LogP contribution in [0.4, 0.5) is 0 Å². The normalized spacial score (nSPS) is 17.7. The molecule has 0 unspecified atom stereocenters. The van der Waals surface area contributed by atoms with Crippen molar-refractivity contribution in [1.29, 1.82) is 0 Å². The van der Waals surface area contributed by atoms with Crippen LogP contribution in [0.15, 0.2) is 0 Å². The van der Waals surface area contributed by atoms with Crippen LogP contribution in [0.1, 0.15) is 25.7 Å². The quantitative estimate of drug-likeness (QED) is 0.682. The number of piperidine rings is 1. The number of carbonyl (C=O) groups is 2. The predicted octanol–water partition coefficient (Wildman–Crippen LogP) is -0.273. The number of nitrogens with zero attached hydrogens (tertiary/aromatic N) is 1. The van der Waals surface area contributed by atoms with Crippen LogP contribution in [-0.4, -0.2) is 57.6 Å². The molecule has 8 heteroatoms. The summed E-state index contributed by atoms with van der Waals surface area (Å²) in [6, 6.07) is 0. The molecule has 0 aliphatic carbocycles. The first-order valence-electron chi connectivity index (χ1n) is 6.67. The molecule has 0 saturated carbocycles. The van der Waals surface area contributed by atoms with E-state index in [1.807, 2.05) is 0 Å². The van der Waals surface area contributed by atoms with Crippen LogP contribution in [0.5, 0.6) is 0 Å². The highest BCUT2D eigenvalue weighted by Gasteiger charge is 2.30. The maximum Gasteiger partial charge on any atom is 0.305 e. The van der Waals surface area contributed by atoms with Crippen molar-refractivity contribution < 1.29 is 22.7 Å². The standard InChI is InChI=1S/C12H22N2O5S/c1-13-12(16)10-5-7-14(8-6-10)20(17,18)9-3-4-11(15)19-2/h10H,3-9H2,1-2H3,(H,13,16). The van der Waals surface area contributed by atoms with Crippen molar-refractivity contribution in [3.8, 4) is 0 Å². The van der Waals surface area contributed by atoms with Crippen molar-refractivity contribution in [2.75, 3.05) is 33.0 Å². The van der Waals surface area contributed by atoms with Gasteiger partial charge >= 0.3 is 5.97 Å². The van der Waals surface area contributed by atoms with Gasteiger partial charge in [0, 0.05) is 32.5 Å². The lowest BCUT2D eigenvalue weighted by atomic mass is 9.97. The first-order chi connectivity index (χ1) is 9.40. The molecule has 7 nitrogen and oxygen atoms in total. The van der Waals surface area contributed by atoms with Crippen molar-refractivity contribution in [3.63, 3.8) is 0 Å². The van der Waals surface area contributed by atoms with Crippen LogP contribution >= 0.6 is 0 Å². The number of carbonyl (C=O) groups excluding carboxylic acids is 2. The van der Waals surface area contributed by atoms with Gasteiger partial charge in [0.1, 0.15) is 0 Å². The van der Waals surface area contributed by atoms with Crippen LogP contribution in [0.2, 0.25) is 0 Å². The molecule has 1 N–H and O–H groups in total. The summed E-state index contributed by atoms with van der Waals surface area (Å²) in [6.07, 6.45) is 1.43. The van der Waals surface area contributed by atoms with E-state index in [0.717, 1.165) is 0 Å². The van der Waals surface area contributed by atoms with E-state index < -0.39 is 16.0 Å². The van der Waals surface area contributed by atoms with Crippen LogP contribution in [0.3, 0.4) is 0 Å². The van der Waals surface area contributed by atoms with Crippen LogP contribution < -0.4 is 5.32 Å². The molecule has 0 spiro atoms. The second-order valence-corrected chi connectivity index (χ2v) is 6.87. The fraction of sp³-hybridized carbons (Fsp3) is 0.833. The van der Waals surface area contributed by atoms with Gasteiger partial charge in [0.15, 0.2) is 0 Å². The summed E-state index contributed by atoms with van der Waals surface area (Å²) in [7, 11) is -0.489. The van der Waals surface area contributed by atoms with Gasteiger partial charge in [-0.25, -0.2) is 12.7 Å². The zero-order chi connectivity index (χ0) is 15.2.